The summed E-state index contributed by atoms with van der Waals surface area (Å²) in [4.78, 5) is 22.9. The molecule has 19 heavy (non-hydrogen) atoms. The number of nitrogens with one attached hydrogen (secondary N) is 2. The number of rotatable bonds is 7. The Labute approximate surface area is 115 Å². The normalized spacial score (nSPS) is 19.9. The number of carbonyl (C=O) groups is 2. The number of amides is 2. The molecule has 110 valence electrons. The molecule has 0 radical (unpaired) electrons. The first kappa shape index (κ1) is 15.8. The van der Waals surface area contributed by atoms with E-state index >= 15 is 0 Å². The summed E-state index contributed by atoms with van der Waals surface area (Å²) in [5, 5.41) is 14.5. The highest BCUT2D eigenvalue weighted by atomic mass is 16.4. The summed E-state index contributed by atoms with van der Waals surface area (Å²) in [7, 11) is 0. The van der Waals surface area contributed by atoms with Crippen molar-refractivity contribution < 1.29 is 14.7 Å². The number of hydrogen-bond donors (Lipinski definition) is 3. The van der Waals surface area contributed by atoms with Gasteiger partial charge in [-0.3, -0.25) is 0 Å². The lowest BCUT2D eigenvalue weighted by Gasteiger charge is -2.41. The van der Waals surface area contributed by atoms with Crippen LogP contribution in [0.4, 0.5) is 4.79 Å². The van der Waals surface area contributed by atoms with Gasteiger partial charge in [0, 0.05) is 6.54 Å². The number of carbonyl (C=O) groups excluding carboxylic acids is 1. The summed E-state index contributed by atoms with van der Waals surface area (Å²) >= 11 is 0. The van der Waals surface area contributed by atoms with Gasteiger partial charge >= 0.3 is 12.0 Å². The summed E-state index contributed by atoms with van der Waals surface area (Å²) in [5.41, 5.74) is 0.242. The van der Waals surface area contributed by atoms with E-state index in [0.29, 0.717) is 6.54 Å². The fraction of sp³-hybridized carbons (Fsp3) is 0.857. The van der Waals surface area contributed by atoms with Gasteiger partial charge in [-0.05, 0) is 30.6 Å². The highest BCUT2D eigenvalue weighted by molar-refractivity contribution is 5.82. The molecule has 2 amide bonds. The van der Waals surface area contributed by atoms with Crippen molar-refractivity contribution in [2.75, 3.05) is 6.54 Å². The van der Waals surface area contributed by atoms with Crippen molar-refractivity contribution in [3.63, 3.8) is 0 Å². The molecule has 1 fully saturated rings. The van der Waals surface area contributed by atoms with Crippen LogP contribution < -0.4 is 10.6 Å². The molecule has 3 N–H and O–H groups in total. The standard InChI is InChI=1S/C14H26N2O3/c1-4-10(3)11(12(17)18)16-13(19)15-9-14(5-2)7-6-8-14/h10-11H,4-9H2,1-3H3,(H,17,18)(H2,15,16,19). The van der Waals surface area contributed by atoms with Gasteiger partial charge in [-0.2, -0.15) is 0 Å². The molecule has 0 aromatic heterocycles. The van der Waals surface area contributed by atoms with Crippen LogP contribution in [0.15, 0.2) is 0 Å². The van der Waals surface area contributed by atoms with Crippen LogP contribution in [-0.4, -0.2) is 29.7 Å². The average molecular weight is 270 g/mol. The van der Waals surface area contributed by atoms with Crippen LogP contribution >= 0.6 is 0 Å². The van der Waals surface area contributed by atoms with E-state index in [1.165, 1.54) is 6.42 Å². The maximum atomic E-state index is 11.8. The molecule has 0 saturated heterocycles. The molecule has 2 atom stereocenters. The first-order valence-corrected chi connectivity index (χ1v) is 7.21. The van der Waals surface area contributed by atoms with Gasteiger partial charge in [0.1, 0.15) is 6.04 Å². The lowest BCUT2D eigenvalue weighted by atomic mass is 9.67. The first-order chi connectivity index (χ1) is 8.94. The maximum absolute atomic E-state index is 11.8. The Morgan fingerprint density at radius 3 is 2.32 bits per heavy atom. The summed E-state index contributed by atoms with van der Waals surface area (Å²) in [6.07, 6.45) is 5.30. The number of carboxylic acid groups (broad SMARTS) is 1. The molecule has 0 aliphatic heterocycles. The Balaban J connectivity index is 2.42. The number of hydrogen-bond acceptors (Lipinski definition) is 2. The lowest BCUT2D eigenvalue weighted by molar-refractivity contribution is -0.140. The molecule has 1 aliphatic rings. The summed E-state index contributed by atoms with van der Waals surface area (Å²) < 4.78 is 0. The lowest BCUT2D eigenvalue weighted by Crippen LogP contribution is -2.51. The second kappa shape index (κ2) is 6.78. The zero-order chi connectivity index (χ0) is 14.5. The second-order valence-corrected chi connectivity index (χ2v) is 5.74. The number of urea groups is 1. The van der Waals surface area contributed by atoms with Gasteiger partial charge in [0.15, 0.2) is 0 Å². The molecule has 0 bridgehead atoms. The minimum absolute atomic E-state index is 0.0768. The molecular weight excluding hydrogens is 244 g/mol. The zero-order valence-electron chi connectivity index (χ0n) is 12.2. The summed E-state index contributed by atoms with van der Waals surface area (Å²) in [6.45, 7) is 6.53. The molecule has 0 aromatic carbocycles. The average Bonchev–Trinajstić information content (AvgIpc) is 2.34. The Kier molecular flexibility index (Phi) is 5.63. The molecule has 0 heterocycles. The van der Waals surface area contributed by atoms with E-state index in [1.54, 1.807) is 0 Å². The van der Waals surface area contributed by atoms with E-state index in [4.69, 9.17) is 5.11 Å². The quantitative estimate of drug-likeness (QED) is 0.664. The molecule has 5 nitrogen and oxygen atoms in total. The fourth-order valence-corrected chi connectivity index (χ4v) is 2.48. The molecule has 5 heteroatoms. The number of carboxylic acids is 1. The topological polar surface area (TPSA) is 78.4 Å². The minimum Gasteiger partial charge on any atom is -0.480 e. The van der Waals surface area contributed by atoms with Crippen LogP contribution in [0.1, 0.15) is 52.9 Å². The molecule has 0 aromatic rings. The van der Waals surface area contributed by atoms with Gasteiger partial charge in [-0.1, -0.05) is 33.6 Å². The van der Waals surface area contributed by atoms with Crippen molar-refractivity contribution in [2.24, 2.45) is 11.3 Å². The number of aliphatic carboxylic acids is 1. The third-order valence-electron chi connectivity index (χ3n) is 4.55. The van der Waals surface area contributed by atoms with Crippen LogP contribution in [0.3, 0.4) is 0 Å². The van der Waals surface area contributed by atoms with E-state index in [2.05, 4.69) is 17.6 Å². The van der Waals surface area contributed by atoms with Crippen LogP contribution in [-0.2, 0) is 4.79 Å². The van der Waals surface area contributed by atoms with Crippen LogP contribution in [0.5, 0.6) is 0 Å². The third kappa shape index (κ3) is 4.11. The predicted octanol–water partition coefficient (Wildman–Crippen LogP) is 2.37. The highest BCUT2D eigenvalue weighted by Crippen LogP contribution is 2.42. The van der Waals surface area contributed by atoms with Crippen LogP contribution in [0.25, 0.3) is 0 Å². The molecule has 1 saturated carbocycles. The molecule has 1 rings (SSSR count). The summed E-state index contributed by atoms with van der Waals surface area (Å²) in [6, 6.07) is -1.18. The van der Waals surface area contributed by atoms with Crippen LogP contribution in [0.2, 0.25) is 0 Å². The first-order valence-electron chi connectivity index (χ1n) is 7.21. The fourth-order valence-electron chi connectivity index (χ4n) is 2.48. The van der Waals surface area contributed by atoms with Crippen molar-refractivity contribution in [1.82, 2.24) is 10.6 Å². The Bertz CT molecular complexity index is 321. The predicted molar refractivity (Wildman–Crippen MR) is 74.0 cm³/mol. The smallest absolute Gasteiger partial charge is 0.326 e. The van der Waals surface area contributed by atoms with Crippen molar-refractivity contribution in [3.8, 4) is 0 Å². The SMILES string of the molecule is CCC(C)C(NC(=O)NCC1(CC)CCC1)C(=O)O. The second-order valence-electron chi connectivity index (χ2n) is 5.74. The van der Waals surface area contributed by atoms with E-state index in [9.17, 15) is 9.59 Å². The van der Waals surface area contributed by atoms with Crippen molar-refractivity contribution in [2.45, 2.75) is 58.9 Å². The molecule has 2 unspecified atom stereocenters. The molecule has 1 aliphatic carbocycles. The van der Waals surface area contributed by atoms with Crippen molar-refractivity contribution in [1.29, 1.82) is 0 Å². The molecule has 0 spiro atoms. The Morgan fingerprint density at radius 2 is 1.95 bits per heavy atom. The Morgan fingerprint density at radius 1 is 1.32 bits per heavy atom. The monoisotopic (exact) mass is 270 g/mol. The van der Waals surface area contributed by atoms with Crippen molar-refractivity contribution in [3.05, 3.63) is 0 Å². The van der Waals surface area contributed by atoms with Gasteiger partial charge in [-0.25, -0.2) is 9.59 Å². The van der Waals surface area contributed by atoms with Crippen molar-refractivity contribution >= 4 is 12.0 Å². The van der Waals surface area contributed by atoms with E-state index in [0.717, 1.165) is 25.7 Å². The van der Waals surface area contributed by atoms with Crippen LogP contribution in [0, 0.1) is 11.3 Å². The minimum atomic E-state index is -0.974. The molecular formula is C14H26N2O3. The van der Waals surface area contributed by atoms with Gasteiger partial charge < -0.3 is 15.7 Å². The van der Waals surface area contributed by atoms with Gasteiger partial charge in [0.05, 0.1) is 0 Å². The Hall–Kier alpha value is -1.26. The summed E-state index contributed by atoms with van der Waals surface area (Å²) in [5.74, 6) is -1.05. The van der Waals surface area contributed by atoms with E-state index < -0.39 is 12.0 Å². The van der Waals surface area contributed by atoms with E-state index in [1.807, 2.05) is 13.8 Å². The van der Waals surface area contributed by atoms with Gasteiger partial charge in [0.2, 0.25) is 0 Å². The zero-order valence-corrected chi connectivity index (χ0v) is 12.2. The van der Waals surface area contributed by atoms with Gasteiger partial charge in [-0.15, -0.1) is 0 Å². The van der Waals surface area contributed by atoms with E-state index in [-0.39, 0.29) is 17.4 Å². The van der Waals surface area contributed by atoms with Gasteiger partial charge in [0.25, 0.3) is 0 Å². The largest absolute Gasteiger partial charge is 0.480 e. The maximum Gasteiger partial charge on any atom is 0.326 e. The third-order valence-corrected chi connectivity index (χ3v) is 4.55. The highest BCUT2D eigenvalue weighted by Gasteiger charge is 2.35.